The van der Waals surface area contributed by atoms with Crippen molar-refractivity contribution in [3.63, 3.8) is 0 Å². The van der Waals surface area contributed by atoms with Crippen LogP contribution < -0.4 is 11.2 Å². The predicted molar refractivity (Wildman–Crippen MR) is 111 cm³/mol. The number of hydrogen-bond acceptors (Lipinski definition) is 4. The number of aryl methyl sites for hydroxylation is 1. The van der Waals surface area contributed by atoms with Gasteiger partial charge < -0.3 is 4.90 Å². The Hall–Kier alpha value is -2.74. The molecule has 0 bridgehead atoms. The molecular formula is C21H22FN3O3S. The first-order valence-corrected chi connectivity index (χ1v) is 10.6. The summed E-state index contributed by atoms with van der Waals surface area (Å²) in [5.74, 6) is -0.424. The van der Waals surface area contributed by atoms with Crippen LogP contribution in [0.1, 0.15) is 37.1 Å². The molecule has 2 aromatic heterocycles. The van der Waals surface area contributed by atoms with Crippen molar-refractivity contribution in [1.29, 1.82) is 0 Å². The average molecular weight is 415 g/mol. The summed E-state index contributed by atoms with van der Waals surface area (Å²) >= 11 is 1.43. The van der Waals surface area contributed by atoms with Crippen LogP contribution in [0.5, 0.6) is 0 Å². The average Bonchev–Trinajstić information content (AvgIpc) is 3.08. The minimum absolute atomic E-state index is 0.000188. The van der Waals surface area contributed by atoms with Crippen molar-refractivity contribution in [2.24, 2.45) is 0 Å². The molecule has 0 atom stereocenters. The second kappa shape index (κ2) is 7.59. The molecule has 1 aliphatic rings. The molecule has 1 aromatic carbocycles. The first kappa shape index (κ1) is 19.6. The van der Waals surface area contributed by atoms with Gasteiger partial charge in [-0.05, 0) is 42.7 Å². The Morgan fingerprint density at radius 2 is 1.93 bits per heavy atom. The maximum Gasteiger partial charge on any atom is 0.336 e. The van der Waals surface area contributed by atoms with E-state index in [1.54, 1.807) is 9.47 Å². The van der Waals surface area contributed by atoms with Crippen LogP contribution in [0.4, 0.5) is 4.39 Å². The molecule has 0 saturated carbocycles. The van der Waals surface area contributed by atoms with E-state index >= 15 is 0 Å². The standard InChI is InChI=1S/C21H22FN3O3S/c1-3-4-10-24-20-18(16-9-11-23(13(2)26)12-17(16)29-20)19(27)25(21(24)28)15-7-5-14(22)6-8-15/h5-8H,3-4,9-12H2,1-2H3. The van der Waals surface area contributed by atoms with Crippen LogP contribution in [0.3, 0.4) is 0 Å². The number of amides is 1. The fraction of sp³-hybridized carbons (Fsp3) is 0.381. The molecule has 0 saturated heterocycles. The third kappa shape index (κ3) is 3.31. The Bertz CT molecular complexity index is 1210. The number of carbonyl (C=O) groups excluding carboxylic acids is 1. The van der Waals surface area contributed by atoms with Crippen LogP contribution in [-0.2, 0) is 24.3 Å². The van der Waals surface area contributed by atoms with Gasteiger partial charge in [0.2, 0.25) is 5.91 Å². The highest BCUT2D eigenvalue weighted by Gasteiger charge is 2.27. The van der Waals surface area contributed by atoms with Crippen LogP contribution in [0.15, 0.2) is 33.9 Å². The van der Waals surface area contributed by atoms with Crippen LogP contribution in [0, 0.1) is 5.82 Å². The van der Waals surface area contributed by atoms with Crippen molar-refractivity contribution < 1.29 is 9.18 Å². The van der Waals surface area contributed by atoms with Crippen molar-refractivity contribution >= 4 is 27.5 Å². The molecule has 1 aliphatic heterocycles. The van der Waals surface area contributed by atoms with Crippen molar-refractivity contribution in [3.8, 4) is 5.69 Å². The van der Waals surface area contributed by atoms with E-state index < -0.39 is 11.5 Å². The fourth-order valence-electron chi connectivity index (χ4n) is 3.81. The van der Waals surface area contributed by atoms with Crippen LogP contribution in [0.2, 0.25) is 0 Å². The summed E-state index contributed by atoms with van der Waals surface area (Å²) in [5, 5.41) is 0.549. The van der Waals surface area contributed by atoms with Gasteiger partial charge in [-0.3, -0.25) is 14.2 Å². The lowest BCUT2D eigenvalue weighted by atomic mass is 10.1. The van der Waals surface area contributed by atoms with Gasteiger partial charge in [-0.25, -0.2) is 13.8 Å². The Kier molecular flexibility index (Phi) is 5.12. The number of fused-ring (bicyclic) bond motifs is 3. The number of rotatable bonds is 4. The van der Waals surface area contributed by atoms with Gasteiger partial charge in [-0.2, -0.15) is 0 Å². The molecule has 8 heteroatoms. The summed E-state index contributed by atoms with van der Waals surface area (Å²) in [7, 11) is 0. The summed E-state index contributed by atoms with van der Waals surface area (Å²) in [6, 6.07) is 5.39. The second-order valence-electron chi connectivity index (χ2n) is 7.28. The van der Waals surface area contributed by atoms with Crippen molar-refractivity contribution in [2.75, 3.05) is 6.54 Å². The molecule has 6 nitrogen and oxygen atoms in total. The van der Waals surface area contributed by atoms with Crippen LogP contribution >= 0.6 is 11.3 Å². The zero-order valence-electron chi connectivity index (χ0n) is 16.4. The predicted octanol–water partition coefficient (Wildman–Crippen LogP) is 3.06. The highest BCUT2D eigenvalue weighted by molar-refractivity contribution is 7.18. The third-order valence-corrected chi connectivity index (χ3v) is 6.63. The molecule has 0 aliphatic carbocycles. The van der Waals surface area contributed by atoms with E-state index in [9.17, 15) is 18.8 Å². The van der Waals surface area contributed by atoms with Gasteiger partial charge in [-0.15, -0.1) is 11.3 Å². The number of hydrogen-bond donors (Lipinski definition) is 0. The highest BCUT2D eigenvalue weighted by Crippen LogP contribution is 2.33. The van der Waals surface area contributed by atoms with Gasteiger partial charge in [-0.1, -0.05) is 13.3 Å². The first-order chi connectivity index (χ1) is 13.9. The Morgan fingerprint density at radius 1 is 1.21 bits per heavy atom. The lowest BCUT2D eigenvalue weighted by Crippen LogP contribution is -2.39. The summed E-state index contributed by atoms with van der Waals surface area (Å²) < 4.78 is 16.2. The lowest BCUT2D eigenvalue weighted by molar-refractivity contribution is -0.129. The highest BCUT2D eigenvalue weighted by atomic mass is 32.1. The van der Waals surface area contributed by atoms with Gasteiger partial charge in [0.05, 0.1) is 17.6 Å². The fourth-order valence-corrected chi connectivity index (χ4v) is 5.18. The van der Waals surface area contributed by atoms with E-state index in [4.69, 9.17) is 0 Å². The summed E-state index contributed by atoms with van der Waals surface area (Å²) in [4.78, 5) is 41.8. The number of unbranched alkanes of at least 4 members (excludes halogenated alkanes) is 1. The van der Waals surface area contributed by atoms with Crippen molar-refractivity contribution in [2.45, 2.75) is 46.2 Å². The van der Waals surface area contributed by atoms with E-state index in [0.29, 0.717) is 42.0 Å². The molecule has 1 amide bonds. The molecule has 0 unspecified atom stereocenters. The zero-order chi connectivity index (χ0) is 20.7. The van der Waals surface area contributed by atoms with Crippen LogP contribution in [-0.4, -0.2) is 26.5 Å². The first-order valence-electron chi connectivity index (χ1n) is 9.74. The molecular weight excluding hydrogens is 393 g/mol. The van der Waals surface area contributed by atoms with E-state index in [-0.39, 0.29) is 11.5 Å². The largest absolute Gasteiger partial charge is 0.337 e. The topological polar surface area (TPSA) is 64.3 Å². The smallest absolute Gasteiger partial charge is 0.336 e. The van der Waals surface area contributed by atoms with Crippen LogP contribution in [0.25, 0.3) is 15.9 Å². The van der Waals surface area contributed by atoms with E-state index in [0.717, 1.165) is 27.8 Å². The molecule has 3 heterocycles. The summed E-state index contributed by atoms with van der Waals surface area (Å²) in [6.07, 6.45) is 2.30. The van der Waals surface area contributed by atoms with Gasteiger partial charge in [0.25, 0.3) is 5.56 Å². The number of benzene rings is 1. The zero-order valence-corrected chi connectivity index (χ0v) is 17.2. The second-order valence-corrected chi connectivity index (χ2v) is 8.36. The summed E-state index contributed by atoms with van der Waals surface area (Å²) in [5.41, 5.74) is 0.492. The third-order valence-electron chi connectivity index (χ3n) is 5.39. The molecule has 0 fully saturated rings. The molecule has 0 N–H and O–H groups in total. The number of halogens is 1. The molecule has 3 aromatic rings. The summed E-state index contributed by atoms with van der Waals surface area (Å²) in [6.45, 7) is 5.10. The lowest BCUT2D eigenvalue weighted by Gasteiger charge is -2.25. The minimum atomic E-state index is -0.425. The van der Waals surface area contributed by atoms with Gasteiger partial charge in [0.1, 0.15) is 10.6 Å². The van der Waals surface area contributed by atoms with Crippen molar-refractivity contribution in [1.82, 2.24) is 14.0 Å². The molecule has 152 valence electrons. The maximum atomic E-state index is 13.4. The number of aromatic nitrogens is 2. The van der Waals surface area contributed by atoms with Crippen molar-refractivity contribution in [3.05, 3.63) is 61.4 Å². The number of nitrogens with zero attached hydrogens (tertiary/aromatic N) is 3. The Balaban J connectivity index is 2.00. The Morgan fingerprint density at radius 3 is 2.59 bits per heavy atom. The van der Waals surface area contributed by atoms with Gasteiger partial charge >= 0.3 is 5.69 Å². The number of carbonyl (C=O) groups is 1. The molecule has 0 spiro atoms. The van der Waals surface area contributed by atoms with Gasteiger partial charge in [0.15, 0.2) is 0 Å². The monoisotopic (exact) mass is 415 g/mol. The normalized spacial score (nSPS) is 13.7. The van der Waals surface area contributed by atoms with E-state index in [1.807, 2.05) is 6.92 Å². The van der Waals surface area contributed by atoms with Gasteiger partial charge in [0, 0.05) is 24.9 Å². The minimum Gasteiger partial charge on any atom is -0.337 e. The Labute approximate surface area is 170 Å². The van der Waals surface area contributed by atoms with E-state index in [2.05, 4.69) is 0 Å². The quantitative estimate of drug-likeness (QED) is 0.658. The SMILES string of the molecule is CCCCn1c(=O)n(-c2ccc(F)cc2)c(=O)c2c3c(sc21)CN(C(C)=O)CC3. The molecule has 29 heavy (non-hydrogen) atoms. The molecule has 4 rings (SSSR count). The molecule has 0 radical (unpaired) electrons. The number of thiophene rings is 1. The van der Waals surface area contributed by atoms with E-state index in [1.165, 1.54) is 42.5 Å². The maximum absolute atomic E-state index is 13.4.